The Balaban J connectivity index is 1.69. The van der Waals surface area contributed by atoms with Crippen molar-refractivity contribution in [2.24, 2.45) is 17.3 Å². The Bertz CT molecular complexity index is 702. The lowest BCUT2D eigenvalue weighted by Crippen LogP contribution is -2.65. The van der Waals surface area contributed by atoms with Crippen LogP contribution in [0.15, 0.2) is 23.8 Å². The summed E-state index contributed by atoms with van der Waals surface area (Å²) in [6.45, 7) is 4.21. The molecule has 0 aromatic rings. The van der Waals surface area contributed by atoms with Crippen LogP contribution in [0.25, 0.3) is 0 Å². The van der Waals surface area contributed by atoms with E-state index >= 15 is 4.39 Å². The molecule has 1 saturated heterocycles. The number of ketones is 1. The van der Waals surface area contributed by atoms with Crippen LogP contribution in [-0.2, 0) is 9.53 Å². The summed E-state index contributed by atoms with van der Waals surface area (Å²) in [5, 5.41) is 0. The molecule has 24 heavy (non-hydrogen) atoms. The fourth-order valence-corrected chi connectivity index (χ4v) is 8.53. The average Bonchev–Trinajstić information content (AvgIpc) is 2.97. The minimum Gasteiger partial charge on any atom is -0.367 e. The van der Waals surface area contributed by atoms with Gasteiger partial charge in [-0.2, -0.15) is 11.8 Å². The summed E-state index contributed by atoms with van der Waals surface area (Å²) >= 11 is 1.92. The van der Waals surface area contributed by atoms with Gasteiger partial charge in [0.2, 0.25) is 0 Å². The number of rotatable bonds is 1. The molecule has 5 aliphatic rings. The van der Waals surface area contributed by atoms with Crippen LogP contribution >= 0.6 is 11.8 Å². The van der Waals surface area contributed by atoms with Gasteiger partial charge in [0.1, 0.15) is 0 Å². The number of alkyl halides is 1. The molecular formula is C20H25FO2S. The summed E-state index contributed by atoms with van der Waals surface area (Å²) in [6.07, 6.45) is 11.5. The van der Waals surface area contributed by atoms with Gasteiger partial charge in [0, 0.05) is 11.3 Å². The maximum atomic E-state index is 17.0. The lowest BCUT2D eigenvalue weighted by Gasteiger charge is -2.59. The second kappa shape index (κ2) is 4.37. The third-order valence-corrected chi connectivity index (χ3v) is 9.89. The summed E-state index contributed by atoms with van der Waals surface area (Å²) in [6, 6.07) is 0. The summed E-state index contributed by atoms with van der Waals surface area (Å²) in [7, 11) is 0. The average molecular weight is 348 g/mol. The third-order valence-electron chi connectivity index (χ3n) is 8.26. The van der Waals surface area contributed by atoms with Crippen LogP contribution in [-0.4, -0.2) is 34.2 Å². The van der Waals surface area contributed by atoms with Crippen molar-refractivity contribution < 1.29 is 13.9 Å². The summed E-state index contributed by atoms with van der Waals surface area (Å²) in [5.74, 6) is 0.415. The van der Waals surface area contributed by atoms with E-state index < -0.39 is 11.1 Å². The number of hydrogen-bond acceptors (Lipinski definition) is 3. The highest BCUT2D eigenvalue weighted by molar-refractivity contribution is 8.00. The molecule has 4 aliphatic carbocycles. The fourth-order valence-electron chi connectivity index (χ4n) is 7.04. The predicted octanol–water partition coefficient (Wildman–Crippen LogP) is 4.25. The van der Waals surface area contributed by atoms with Crippen molar-refractivity contribution in [3.05, 3.63) is 23.8 Å². The lowest BCUT2D eigenvalue weighted by atomic mass is 9.48. The molecule has 5 rings (SSSR count). The van der Waals surface area contributed by atoms with E-state index in [9.17, 15) is 4.79 Å². The second-order valence-corrected chi connectivity index (χ2v) is 9.94. The van der Waals surface area contributed by atoms with E-state index in [1.54, 1.807) is 12.2 Å². The van der Waals surface area contributed by atoms with Crippen molar-refractivity contribution in [2.45, 2.75) is 68.1 Å². The van der Waals surface area contributed by atoms with Crippen molar-refractivity contribution >= 4 is 17.5 Å². The van der Waals surface area contributed by atoms with Gasteiger partial charge >= 0.3 is 0 Å². The minimum absolute atomic E-state index is 0.000354. The van der Waals surface area contributed by atoms with Gasteiger partial charge in [0.15, 0.2) is 11.5 Å². The first kappa shape index (κ1) is 15.6. The van der Waals surface area contributed by atoms with Gasteiger partial charge < -0.3 is 4.74 Å². The molecule has 130 valence electrons. The van der Waals surface area contributed by atoms with Gasteiger partial charge in [-0.05, 0) is 70.3 Å². The molecule has 0 aromatic heterocycles. The van der Waals surface area contributed by atoms with E-state index in [0.29, 0.717) is 5.92 Å². The highest BCUT2D eigenvalue weighted by atomic mass is 32.2. The van der Waals surface area contributed by atoms with Crippen LogP contribution in [0.3, 0.4) is 0 Å². The summed E-state index contributed by atoms with van der Waals surface area (Å²) in [4.78, 5) is 11.8. The van der Waals surface area contributed by atoms with Gasteiger partial charge in [0.05, 0.1) is 16.5 Å². The summed E-state index contributed by atoms with van der Waals surface area (Å²) < 4.78 is 23.6. The molecule has 1 unspecified atom stereocenters. The largest absolute Gasteiger partial charge is 0.367 e. The Labute approximate surface area is 147 Å². The number of fused-ring (bicyclic) bond motifs is 6. The fraction of sp³-hybridized carbons (Fsp3) is 0.750. The number of carbonyl (C=O) groups is 1. The first-order valence-electron chi connectivity index (χ1n) is 9.17. The van der Waals surface area contributed by atoms with Gasteiger partial charge in [-0.25, -0.2) is 4.39 Å². The number of allylic oxidation sites excluding steroid dienone is 4. The smallest absolute Gasteiger partial charge is 0.178 e. The molecular weight excluding hydrogens is 323 g/mol. The molecule has 0 N–H and O–H groups in total. The van der Waals surface area contributed by atoms with E-state index in [0.717, 1.165) is 37.7 Å². The minimum atomic E-state index is -1.39. The van der Waals surface area contributed by atoms with Crippen LogP contribution in [0.5, 0.6) is 0 Å². The van der Waals surface area contributed by atoms with E-state index in [1.807, 2.05) is 24.8 Å². The van der Waals surface area contributed by atoms with Crippen molar-refractivity contribution in [2.75, 3.05) is 6.26 Å². The zero-order chi connectivity index (χ0) is 17.0. The Hall–Kier alpha value is -0.610. The van der Waals surface area contributed by atoms with Crippen LogP contribution in [0.2, 0.25) is 0 Å². The molecule has 0 amide bonds. The van der Waals surface area contributed by atoms with Gasteiger partial charge in [-0.3, -0.25) is 4.79 Å². The Morgan fingerprint density at radius 1 is 1.29 bits per heavy atom. The molecule has 7 atom stereocenters. The Kier molecular flexibility index (Phi) is 2.85. The molecule has 3 saturated carbocycles. The number of halogens is 1. The van der Waals surface area contributed by atoms with Crippen LogP contribution in [0.4, 0.5) is 4.39 Å². The van der Waals surface area contributed by atoms with Gasteiger partial charge in [0.25, 0.3) is 0 Å². The first-order valence-corrected chi connectivity index (χ1v) is 10.4. The first-order chi connectivity index (χ1) is 11.3. The van der Waals surface area contributed by atoms with E-state index in [2.05, 4.69) is 13.2 Å². The maximum Gasteiger partial charge on any atom is 0.178 e. The monoisotopic (exact) mass is 348 g/mol. The highest BCUT2D eigenvalue weighted by Gasteiger charge is 2.78. The molecule has 2 bridgehead atoms. The van der Waals surface area contributed by atoms with E-state index in [4.69, 9.17) is 4.74 Å². The second-order valence-electron chi connectivity index (χ2n) is 8.80. The molecule has 4 heteroatoms. The van der Waals surface area contributed by atoms with E-state index in [-0.39, 0.29) is 28.2 Å². The standard InChI is InChI=1S/C20H25FO2S/c1-17-8-6-13(22)10-12(17)4-5-15-14-7-9-18(2)19(14,24-3)11-16(23-18)20(15,17)21/h6,8,10,14-16H,4-5,7,9,11H2,1-3H3/t14-,15-,16+,17-,18+,19-,20?/m0/s1. The molecule has 0 radical (unpaired) electrons. The lowest BCUT2D eigenvalue weighted by molar-refractivity contribution is -0.168. The van der Waals surface area contributed by atoms with Gasteiger partial charge in [-0.15, -0.1) is 0 Å². The summed E-state index contributed by atoms with van der Waals surface area (Å²) in [5.41, 5.74) is -1.31. The molecule has 1 aliphatic heterocycles. The van der Waals surface area contributed by atoms with Crippen molar-refractivity contribution in [3.8, 4) is 0 Å². The topological polar surface area (TPSA) is 26.3 Å². The number of hydrogen-bond donors (Lipinski definition) is 0. The van der Waals surface area contributed by atoms with Gasteiger partial charge in [-0.1, -0.05) is 11.6 Å². The third kappa shape index (κ3) is 1.41. The molecule has 0 aromatic carbocycles. The Morgan fingerprint density at radius 2 is 2.08 bits per heavy atom. The maximum absolute atomic E-state index is 17.0. The molecule has 1 heterocycles. The quantitative estimate of drug-likeness (QED) is 0.709. The van der Waals surface area contributed by atoms with Crippen LogP contribution in [0, 0.1) is 17.3 Å². The SMILES string of the molecule is CS[C@]12C[C@H]3O[C@]1(C)CC[C@H]2[C@@H]1CCC2=CC(=O)C=C[C@]2(C)C31F. The van der Waals surface area contributed by atoms with E-state index in [1.165, 1.54) is 0 Å². The van der Waals surface area contributed by atoms with Crippen LogP contribution in [0.1, 0.15) is 46.0 Å². The number of ether oxygens (including phenoxy) is 1. The number of carbonyl (C=O) groups excluding carboxylic acids is 1. The zero-order valence-corrected chi connectivity index (χ0v) is 15.4. The molecule has 2 nitrogen and oxygen atoms in total. The normalized spacial score (nSPS) is 57.6. The Morgan fingerprint density at radius 3 is 2.83 bits per heavy atom. The molecule has 4 fully saturated rings. The highest BCUT2D eigenvalue weighted by Crippen LogP contribution is 2.74. The predicted molar refractivity (Wildman–Crippen MR) is 93.8 cm³/mol. The van der Waals surface area contributed by atoms with Crippen molar-refractivity contribution in [1.82, 2.24) is 0 Å². The van der Waals surface area contributed by atoms with Crippen molar-refractivity contribution in [1.29, 1.82) is 0 Å². The van der Waals surface area contributed by atoms with Crippen molar-refractivity contribution in [3.63, 3.8) is 0 Å². The molecule has 0 spiro atoms. The number of thioether (sulfide) groups is 1. The zero-order valence-electron chi connectivity index (χ0n) is 14.6. The van der Waals surface area contributed by atoms with Crippen LogP contribution < -0.4 is 0 Å².